The number of nitrogens with zero attached hydrogens (tertiary/aromatic N) is 3. The molecule has 1 saturated carbocycles. The van der Waals surface area contributed by atoms with E-state index in [0.29, 0.717) is 23.6 Å². The second kappa shape index (κ2) is 16.6. The van der Waals surface area contributed by atoms with Crippen molar-refractivity contribution in [3.63, 3.8) is 0 Å². The third kappa shape index (κ3) is 11.2. The average molecular weight is 805 g/mol. The van der Waals surface area contributed by atoms with Crippen molar-refractivity contribution in [1.29, 1.82) is 0 Å². The predicted octanol–water partition coefficient (Wildman–Crippen LogP) is 3.74. The van der Waals surface area contributed by atoms with E-state index in [2.05, 4.69) is 41.5 Å². The fourth-order valence-corrected chi connectivity index (χ4v) is 5.69. The topological polar surface area (TPSA) is 220 Å². The minimum atomic E-state index is -4.66. The van der Waals surface area contributed by atoms with E-state index < -0.39 is 70.4 Å². The molecular weight excluding hydrogens is 773 g/mol. The Bertz CT molecular complexity index is 2170. The van der Waals surface area contributed by atoms with Crippen molar-refractivity contribution in [2.45, 2.75) is 35.5 Å². The van der Waals surface area contributed by atoms with Gasteiger partial charge < -0.3 is 36.1 Å². The summed E-state index contributed by atoms with van der Waals surface area (Å²) in [5.41, 5.74) is 0.783. The van der Waals surface area contributed by atoms with E-state index in [1.165, 1.54) is 48.5 Å². The third-order valence-corrected chi connectivity index (χ3v) is 9.27. The number of amides is 3. The van der Waals surface area contributed by atoms with E-state index in [1.54, 1.807) is 12.1 Å². The first-order chi connectivity index (χ1) is 25.9. The van der Waals surface area contributed by atoms with Crippen LogP contribution in [0.15, 0.2) is 77.7 Å². The molecule has 3 amide bonds. The fraction of sp³-hybridized carbons (Fsp3) is 0.265. The molecule has 16 nitrogen and oxygen atoms in total. The number of hydrogen-bond donors (Lipinski definition) is 5. The summed E-state index contributed by atoms with van der Waals surface area (Å²) < 4.78 is 71.6. The van der Waals surface area contributed by atoms with Crippen LogP contribution >= 0.6 is 11.6 Å². The lowest BCUT2D eigenvalue weighted by Crippen LogP contribution is -2.50. The number of nitrogens with one attached hydrogen (secondary N) is 5. The van der Waals surface area contributed by atoms with Crippen molar-refractivity contribution in [2.24, 2.45) is 0 Å². The molecule has 290 valence electrons. The van der Waals surface area contributed by atoms with Gasteiger partial charge >= 0.3 is 30.0 Å². The summed E-state index contributed by atoms with van der Waals surface area (Å²) in [6.07, 6.45) is -2.26. The zero-order valence-electron chi connectivity index (χ0n) is 28.9. The molecule has 1 aromatic heterocycles. The highest BCUT2D eigenvalue weighted by atomic mass is 35.5. The van der Waals surface area contributed by atoms with Crippen LogP contribution in [0.3, 0.4) is 0 Å². The number of ether oxygens (including phenoxy) is 2. The monoisotopic (exact) mass is 804 g/mol. The smallest absolute Gasteiger partial charge is 0.422 e. The van der Waals surface area contributed by atoms with Gasteiger partial charge in [0.2, 0.25) is 11.9 Å². The van der Waals surface area contributed by atoms with Gasteiger partial charge in [0.05, 0.1) is 17.5 Å². The second-order valence-corrected chi connectivity index (χ2v) is 14.5. The SMILES string of the molecule is COC(=O)[C@H](CNC(=O)C(=O)Nc1ccc(S(C)(=O)=O)cc1)NC(=O)c1ccc(Nc2nc(NC3(c4ccc(Cl)cc4)CC3)nc(OCC(F)(F)F)n2)cc1. The van der Waals surface area contributed by atoms with Gasteiger partial charge in [0.1, 0.15) is 6.04 Å². The van der Waals surface area contributed by atoms with Gasteiger partial charge in [0.15, 0.2) is 16.4 Å². The van der Waals surface area contributed by atoms with E-state index in [1.807, 2.05) is 12.1 Å². The molecule has 1 aliphatic carbocycles. The number of carbonyl (C=O) groups is 4. The molecule has 0 unspecified atom stereocenters. The van der Waals surface area contributed by atoms with Gasteiger partial charge in [-0.2, -0.15) is 28.1 Å². The normalized spacial score (nSPS) is 13.8. The minimum absolute atomic E-state index is 0.00623. The van der Waals surface area contributed by atoms with E-state index >= 15 is 0 Å². The van der Waals surface area contributed by atoms with Gasteiger partial charge in [0.25, 0.3) is 5.91 Å². The van der Waals surface area contributed by atoms with Crippen LogP contribution in [0.25, 0.3) is 0 Å². The number of aromatic nitrogens is 3. The molecule has 0 saturated heterocycles. The van der Waals surface area contributed by atoms with Gasteiger partial charge in [-0.05, 0) is 79.1 Å². The summed E-state index contributed by atoms with van der Waals surface area (Å²) in [5.74, 6) is -4.21. The summed E-state index contributed by atoms with van der Waals surface area (Å²) in [6.45, 7) is -2.18. The molecule has 5 N–H and O–H groups in total. The molecular formula is C34H32ClF3N8O8S. The number of carbonyl (C=O) groups excluding carboxylic acids is 4. The van der Waals surface area contributed by atoms with Crippen molar-refractivity contribution in [2.75, 3.05) is 42.5 Å². The first kappa shape index (κ1) is 40.2. The second-order valence-electron chi connectivity index (χ2n) is 12.1. The Kier molecular flexibility index (Phi) is 12.1. The Morgan fingerprint density at radius 2 is 1.49 bits per heavy atom. The number of methoxy groups -OCH3 is 1. The number of sulfone groups is 1. The lowest BCUT2D eigenvalue weighted by molar-refractivity contribution is -0.154. The largest absolute Gasteiger partial charge is 0.467 e. The van der Waals surface area contributed by atoms with E-state index in [4.69, 9.17) is 21.1 Å². The Hall–Kier alpha value is -6.02. The highest BCUT2D eigenvalue weighted by Crippen LogP contribution is 2.48. The summed E-state index contributed by atoms with van der Waals surface area (Å²) in [4.78, 5) is 62.5. The van der Waals surface area contributed by atoms with Crippen LogP contribution in [0.5, 0.6) is 6.01 Å². The number of alkyl halides is 3. The van der Waals surface area contributed by atoms with Crippen LogP contribution in [0.2, 0.25) is 5.02 Å². The quantitative estimate of drug-likeness (QED) is 0.0908. The van der Waals surface area contributed by atoms with Crippen LogP contribution in [-0.2, 0) is 34.5 Å². The zero-order chi connectivity index (χ0) is 40.0. The molecule has 0 bridgehead atoms. The lowest BCUT2D eigenvalue weighted by atomic mass is 10.1. The number of rotatable bonds is 14. The number of halogens is 4. The van der Waals surface area contributed by atoms with Gasteiger partial charge in [0, 0.05) is 34.8 Å². The molecule has 1 atom stereocenters. The number of esters is 1. The molecule has 21 heteroatoms. The van der Waals surface area contributed by atoms with Crippen molar-refractivity contribution in [3.8, 4) is 6.01 Å². The van der Waals surface area contributed by atoms with Gasteiger partial charge in [-0.1, -0.05) is 23.7 Å². The van der Waals surface area contributed by atoms with Crippen molar-refractivity contribution in [3.05, 3.63) is 88.9 Å². The van der Waals surface area contributed by atoms with E-state index in [-0.39, 0.29) is 28.0 Å². The van der Waals surface area contributed by atoms with E-state index in [9.17, 15) is 40.8 Å². The van der Waals surface area contributed by atoms with Crippen LogP contribution in [0.1, 0.15) is 28.8 Å². The first-order valence-corrected chi connectivity index (χ1v) is 18.3. The maximum Gasteiger partial charge on any atom is 0.422 e. The Balaban J connectivity index is 1.22. The molecule has 0 radical (unpaired) electrons. The fourth-order valence-electron chi connectivity index (χ4n) is 4.93. The van der Waals surface area contributed by atoms with Gasteiger partial charge in [-0.3, -0.25) is 14.4 Å². The molecule has 1 aliphatic rings. The molecule has 0 spiro atoms. The van der Waals surface area contributed by atoms with Gasteiger partial charge in [-0.15, -0.1) is 0 Å². The first-order valence-electron chi connectivity index (χ1n) is 16.1. The van der Waals surface area contributed by atoms with Crippen LogP contribution in [0, 0.1) is 0 Å². The van der Waals surface area contributed by atoms with Crippen LogP contribution in [0.4, 0.5) is 36.4 Å². The number of hydrogen-bond acceptors (Lipinski definition) is 13. The average Bonchev–Trinajstić information content (AvgIpc) is 3.92. The minimum Gasteiger partial charge on any atom is -0.467 e. The van der Waals surface area contributed by atoms with E-state index in [0.717, 1.165) is 18.9 Å². The van der Waals surface area contributed by atoms with Gasteiger partial charge in [-0.25, -0.2) is 13.2 Å². The van der Waals surface area contributed by atoms with Crippen molar-refractivity contribution < 1.29 is 50.2 Å². The molecule has 1 heterocycles. The molecule has 5 rings (SSSR count). The molecule has 1 fully saturated rings. The maximum atomic E-state index is 13.0. The molecule has 55 heavy (non-hydrogen) atoms. The summed E-state index contributed by atoms with van der Waals surface area (Å²) in [6, 6.07) is 15.7. The summed E-state index contributed by atoms with van der Waals surface area (Å²) in [5, 5.41) is 13.5. The predicted molar refractivity (Wildman–Crippen MR) is 192 cm³/mol. The number of anilines is 4. The Labute approximate surface area is 316 Å². The Morgan fingerprint density at radius 3 is 2.07 bits per heavy atom. The Morgan fingerprint density at radius 1 is 0.873 bits per heavy atom. The standard InChI is InChI=1S/C34H32ClF3N8O8S/c1-53-29(50)25(17-39-27(48)28(49)40-22-11-13-24(14-12-22)55(2,51)52)42-26(47)19-3-9-23(10-4-19)41-30-43-31(45-32(44-30)54-18-34(36,37)38)46-33(15-16-33)20-5-7-21(35)8-6-20/h3-14,25H,15-18H2,1-2H3,(H,39,48)(H,40,49)(H,42,47)(H2,41,43,44,45,46)/t25-/m0/s1. The van der Waals surface area contributed by atoms with Crippen molar-refractivity contribution >= 4 is 68.4 Å². The highest BCUT2D eigenvalue weighted by molar-refractivity contribution is 7.90. The summed E-state index contributed by atoms with van der Waals surface area (Å²) in [7, 11) is -2.42. The number of benzene rings is 3. The summed E-state index contributed by atoms with van der Waals surface area (Å²) >= 11 is 6.02. The van der Waals surface area contributed by atoms with Crippen LogP contribution in [-0.4, -0.2) is 85.8 Å². The highest BCUT2D eigenvalue weighted by Gasteiger charge is 2.45. The third-order valence-electron chi connectivity index (χ3n) is 7.89. The molecule has 3 aromatic carbocycles. The maximum absolute atomic E-state index is 13.0. The lowest BCUT2D eigenvalue weighted by Gasteiger charge is -2.19. The molecule has 0 aliphatic heterocycles. The van der Waals surface area contributed by atoms with Crippen LogP contribution < -0.4 is 31.3 Å². The zero-order valence-corrected chi connectivity index (χ0v) is 30.4. The van der Waals surface area contributed by atoms with Crippen molar-refractivity contribution in [1.82, 2.24) is 25.6 Å². The molecule has 4 aromatic rings.